The van der Waals surface area contributed by atoms with E-state index in [-0.39, 0.29) is 26.9 Å². The van der Waals surface area contributed by atoms with E-state index >= 15 is 0 Å². The molecule has 0 radical (unpaired) electrons. The number of ether oxygens (including phenoxy) is 1. The molecule has 0 atom stereocenters. The smallest absolute Gasteiger partial charge is 0.244 e. The molecule has 10 heteroatoms. The maximum Gasteiger partial charge on any atom is 0.244 e. The lowest BCUT2D eigenvalue weighted by molar-refractivity contribution is 0.415. The largest absolute Gasteiger partial charge is 0.497 e. The van der Waals surface area contributed by atoms with E-state index in [4.69, 9.17) is 16.3 Å². The van der Waals surface area contributed by atoms with Crippen LogP contribution in [0.2, 0.25) is 5.02 Å². The Morgan fingerprint density at radius 1 is 1.14 bits per heavy atom. The van der Waals surface area contributed by atoms with Gasteiger partial charge in [-0.25, -0.2) is 17.7 Å². The summed E-state index contributed by atoms with van der Waals surface area (Å²) in [5.74, 6) is 0.769. The molecule has 0 fully saturated rings. The first kappa shape index (κ1) is 23.6. The molecule has 29 heavy (non-hydrogen) atoms. The second-order valence-corrected chi connectivity index (χ2v) is 9.57. The first-order valence-electron chi connectivity index (χ1n) is 8.30. The third kappa shape index (κ3) is 4.92. The summed E-state index contributed by atoms with van der Waals surface area (Å²) in [5, 5.41) is 2.14. The Hall–Kier alpha value is -1.65. The minimum atomic E-state index is -3.64. The van der Waals surface area contributed by atoms with Gasteiger partial charge in [-0.2, -0.15) is 0 Å². The minimum absolute atomic E-state index is 0. The highest BCUT2D eigenvalue weighted by Gasteiger charge is 2.22. The highest BCUT2D eigenvalue weighted by atomic mass is 79.9. The molecule has 0 bridgehead atoms. The molecule has 0 aliphatic heterocycles. The van der Waals surface area contributed by atoms with Crippen LogP contribution in [0.4, 0.5) is 5.69 Å². The second kappa shape index (κ2) is 9.44. The van der Waals surface area contributed by atoms with Gasteiger partial charge in [0.15, 0.2) is 4.80 Å². The van der Waals surface area contributed by atoms with E-state index in [2.05, 4.69) is 4.99 Å². The van der Waals surface area contributed by atoms with Gasteiger partial charge in [0.25, 0.3) is 0 Å². The van der Waals surface area contributed by atoms with Crippen molar-refractivity contribution in [3.63, 3.8) is 0 Å². The molecule has 1 aromatic heterocycles. The lowest BCUT2D eigenvalue weighted by atomic mass is 10.2. The lowest BCUT2D eigenvalue weighted by Crippen LogP contribution is -2.22. The number of rotatable bonds is 5. The molecule has 0 saturated carbocycles. The van der Waals surface area contributed by atoms with Gasteiger partial charge in [0, 0.05) is 32.1 Å². The molecule has 0 spiro atoms. The summed E-state index contributed by atoms with van der Waals surface area (Å²) in [6, 6.07) is 12.5. The molecule has 3 aromatic rings. The highest BCUT2D eigenvalue weighted by Crippen LogP contribution is 2.29. The van der Waals surface area contributed by atoms with E-state index in [1.54, 1.807) is 25.3 Å². The quantitative estimate of drug-likeness (QED) is 0.500. The summed E-state index contributed by atoms with van der Waals surface area (Å²) in [6.45, 7) is 0. The molecule has 3 rings (SSSR count). The zero-order chi connectivity index (χ0) is 20.5. The number of thiazole rings is 1. The fourth-order valence-corrected chi connectivity index (χ4v) is 4.88. The normalized spacial score (nSPS) is 12.1. The number of sulfonamides is 1. The fraction of sp³-hybridized carbons (Fsp3) is 0.211. The molecule has 0 aliphatic carbocycles. The SMILES string of the molecule is Br.COc1ccc(/N=c2/scc(-c3ccc(Cl)c(S(=O)(=O)N(C)C)c3)n2C)cc1. The van der Waals surface area contributed by atoms with Gasteiger partial charge in [0.05, 0.1) is 23.5 Å². The van der Waals surface area contributed by atoms with Crippen LogP contribution in [0.5, 0.6) is 5.75 Å². The fourth-order valence-electron chi connectivity index (χ4n) is 2.56. The van der Waals surface area contributed by atoms with Crippen LogP contribution >= 0.6 is 39.9 Å². The molecular weight excluding hydrogens is 498 g/mol. The van der Waals surface area contributed by atoms with Crippen LogP contribution in [0.15, 0.2) is 57.7 Å². The summed E-state index contributed by atoms with van der Waals surface area (Å²) >= 11 is 7.62. The predicted molar refractivity (Wildman–Crippen MR) is 123 cm³/mol. The van der Waals surface area contributed by atoms with Crippen LogP contribution in [0.3, 0.4) is 0 Å². The van der Waals surface area contributed by atoms with Crippen molar-refractivity contribution in [1.29, 1.82) is 0 Å². The number of methoxy groups -OCH3 is 1. The average Bonchev–Trinajstić information content (AvgIpc) is 3.03. The number of aromatic nitrogens is 1. The number of hydrogen-bond acceptors (Lipinski definition) is 5. The second-order valence-electron chi connectivity index (χ2n) is 6.20. The van der Waals surface area contributed by atoms with Gasteiger partial charge in [0.1, 0.15) is 10.6 Å². The van der Waals surface area contributed by atoms with Gasteiger partial charge in [0.2, 0.25) is 10.0 Å². The molecule has 0 unspecified atom stereocenters. The van der Waals surface area contributed by atoms with Gasteiger partial charge in [-0.05, 0) is 36.4 Å². The zero-order valence-corrected chi connectivity index (χ0v) is 20.4. The molecule has 0 N–H and O–H groups in total. The Balaban J connectivity index is 0.00000300. The maximum atomic E-state index is 12.5. The molecule has 0 aliphatic rings. The van der Waals surface area contributed by atoms with E-state index in [9.17, 15) is 8.42 Å². The number of nitrogens with zero attached hydrogens (tertiary/aromatic N) is 3. The molecule has 0 amide bonds. The van der Waals surface area contributed by atoms with E-state index < -0.39 is 10.0 Å². The summed E-state index contributed by atoms with van der Waals surface area (Å²) in [4.78, 5) is 5.52. The van der Waals surface area contributed by atoms with E-state index in [0.29, 0.717) is 0 Å². The van der Waals surface area contributed by atoms with Crippen molar-refractivity contribution in [2.24, 2.45) is 12.0 Å². The van der Waals surface area contributed by atoms with Crippen LogP contribution in [-0.4, -0.2) is 38.5 Å². The van der Waals surface area contributed by atoms with Crippen molar-refractivity contribution in [3.8, 4) is 17.0 Å². The van der Waals surface area contributed by atoms with Crippen LogP contribution in [-0.2, 0) is 17.1 Å². The van der Waals surface area contributed by atoms with Crippen molar-refractivity contribution in [3.05, 3.63) is 57.7 Å². The van der Waals surface area contributed by atoms with Crippen molar-refractivity contribution < 1.29 is 13.2 Å². The molecule has 156 valence electrons. The summed E-state index contributed by atoms with van der Waals surface area (Å²) < 4.78 is 33.3. The van der Waals surface area contributed by atoms with E-state index in [1.165, 1.54) is 25.4 Å². The molecular formula is C19H21BrClN3O3S2. The third-order valence-electron chi connectivity index (χ3n) is 4.21. The van der Waals surface area contributed by atoms with Gasteiger partial charge in [-0.1, -0.05) is 17.7 Å². The van der Waals surface area contributed by atoms with Gasteiger partial charge >= 0.3 is 0 Å². The topological polar surface area (TPSA) is 63.9 Å². The predicted octanol–water partition coefficient (Wildman–Crippen LogP) is 4.48. The zero-order valence-electron chi connectivity index (χ0n) is 16.3. The first-order valence-corrected chi connectivity index (χ1v) is 11.0. The van der Waals surface area contributed by atoms with Gasteiger partial charge < -0.3 is 9.30 Å². The molecule has 2 aromatic carbocycles. The van der Waals surface area contributed by atoms with E-state index in [1.807, 2.05) is 41.3 Å². The summed E-state index contributed by atoms with van der Waals surface area (Å²) in [5.41, 5.74) is 2.40. The standard InChI is InChI=1S/C19H20ClN3O3S2.BrH/c1-22(2)28(24,25)18-11-13(5-10-16(18)20)17-12-27-19(23(17)3)21-14-6-8-15(26-4)9-7-14;/h5-12H,1-4H3;1H/b21-19+;. The summed E-state index contributed by atoms with van der Waals surface area (Å²) in [6.07, 6.45) is 0. The van der Waals surface area contributed by atoms with E-state index in [0.717, 1.165) is 31.8 Å². The minimum Gasteiger partial charge on any atom is -0.497 e. The lowest BCUT2D eigenvalue weighted by Gasteiger charge is -2.14. The number of hydrogen-bond donors (Lipinski definition) is 0. The van der Waals surface area contributed by atoms with Crippen LogP contribution in [0, 0.1) is 0 Å². The van der Waals surface area contributed by atoms with Gasteiger partial charge in [-0.3, -0.25) is 0 Å². The highest BCUT2D eigenvalue weighted by molar-refractivity contribution is 8.93. The van der Waals surface area contributed by atoms with Crippen LogP contribution < -0.4 is 9.54 Å². The van der Waals surface area contributed by atoms with Crippen molar-refractivity contribution >= 4 is 55.6 Å². The Morgan fingerprint density at radius 3 is 2.38 bits per heavy atom. The molecule has 0 saturated heterocycles. The number of benzene rings is 2. The Labute approximate surface area is 189 Å². The summed E-state index contributed by atoms with van der Waals surface area (Å²) in [7, 11) is 2.83. The first-order chi connectivity index (χ1) is 13.2. The monoisotopic (exact) mass is 517 g/mol. The van der Waals surface area contributed by atoms with Gasteiger partial charge in [-0.15, -0.1) is 28.3 Å². The average molecular weight is 519 g/mol. The Morgan fingerprint density at radius 2 is 1.79 bits per heavy atom. The maximum absolute atomic E-state index is 12.5. The van der Waals surface area contributed by atoms with Crippen molar-refractivity contribution in [2.75, 3.05) is 21.2 Å². The van der Waals surface area contributed by atoms with Crippen LogP contribution in [0.1, 0.15) is 0 Å². The Bertz CT molecular complexity index is 1170. The number of halogens is 2. The van der Waals surface area contributed by atoms with Crippen molar-refractivity contribution in [2.45, 2.75) is 4.90 Å². The Kier molecular flexibility index (Phi) is 7.69. The van der Waals surface area contributed by atoms with Crippen LogP contribution in [0.25, 0.3) is 11.3 Å². The van der Waals surface area contributed by atoms with Crippen molar-refractivity contribution in [1.82, 2.24) is 8.87 Å². The molecule has 6 nitrogen and oxygen atoms in total. The third-order valence-corrected chi connectivity index (χ3v) is 7.42. The molecule has 1 heterocycles.